The molecule has 10 aromatic rings. The molecule has 0 saturated heterocycles. The van der Waals surface area contributed by atoms with E-state index in [0.29, 0.717) is 11.6 Å². The highest BCUT2D eigenvalue weighted by Crippen LogP contribution is 2.41. The Balaban J connectivity index is 1.02. The van der Waals surface area contributed by atoms with Crippen LogP contribution < -0.4 is 0 Å². The van der Waals surface area contributed by atoms with Gasteiger partial charge in [0.2, 0.25) is 0 Å². The minimum Gasteiger partial charge on any atom is -0.228 e. The standard InChI is InChI=1S/C57H44N4/c1-3-57(4-2,45-33-29-43(30-34-45)55-58-51(41-19-7-5-8-20-41)37-53(60-55)49-27-15-23-39-17-11-13-25-47(39)49)46-35-31-44(32-36-46)56-59-52(42-21-9-6-10-22-42)38-54(61-56)50-28-16-24-40-18-12-14-26-48(40)50/h5-38H,3-4H2,1-2H3. The minimum absolute atomic E-state index is 0.196. The van der Waals surface area contributed by atoms with Crippen molar-refractivity contribution in [3.8, 4) is 67.8 Å². The summed E-state index contributed by atoms with van der Waals surface area (Å²) >= 11 is 0. The van der Waals surface area contributed by atoms with Crippen molar-refractivity contribution < 1.29 is 0 Å². The predicted molar refractivity (Wildman–Crippen MR) is 253 cm³/mol. The van der Waals surface area contributed by atoms with E-state index in [0.717, 1.165) is 69.0 Å². The summed E-state index contributed by atoms with van der Waals surface area (Å²) in [6.07, 6.45) is 1.89. The van der Waals surface area contributed by atoms with Crippen molar-refractivity contribution >= 4 is 21.5 Å². The molecule has 0 atom stereocenters. The van der Waals surface area contributed by atoms with E-state index in [1.165, 1.54) is 32.7 Å². The highest BCUT2D eigenvalue weighted by molar-refractivity contribution is 5.97. The molecule has 2 aromatic heterocycles. The number of aromatic nitrogens is 4. The maximum absolute atomic E-state index is 5.22. The van der Waals surface area contributed by atoms with E-state index in [2.05, 4.69) is 208 Å². The maximum Gasteiger partial charge on any atom is 0.160 e. The molecule has 0 fully saturated rings. The third-order valence-corrected chi connectivity index (χ3v) is 12.3. The number of fused-ring (bicyclic) bond motifs is 2. The smallest absolute Gasteiger partial charge is 0.160 e. The van der Waals surface area contributed by atoms with Crippen LogP contribution in [-0.2, 0) is 5.41 Å². The summed E-state index contributed by atoms with van der Waals surface area (Å²) in [4.78, 5) is 20.7. The normalized spacial score (nSPS) is 11.6. The van der Waals surface area contributed by atoms with Crippen LogP contribution in [0.4, 0.5) is 0 Å². The van der Waals surface area contributed by atoms with Crippen molar-refractivity contribution in [1.82, 2.24) is 19.9 Å². The summed E-state index contributed by atoms with van der Waals surface area (Å²) in [5.74, 6) is 1.42. The molecular weight excluding hydrogens is 741 g/mol. The molecular formula is C57H44N4. The van der Waals surface area contributed by atoms with Gasteiger partial charge in [0.05, 0.1) is 22.8 Å². The summed E-state index contributed by atoms with van der Waals surface area (Å²) in [6.45, 7) is 4.58. The van der Waals surface area contributed by atoms with Crippen LogP contribution in [0, 0.1) is 0 Å². The molecule has 0 amide bonds. The highest BCUT2D eigenvalue weighted by atomic mass is 14.9. The zero-order valence-electron chi connectivity index (χ0n) is 34.3. The second-order valence-electron chi connectivity index (χ2n) is 15.7. The molecule has 0 spiro atoms. The van der Waals surface area contributed by atoms with Crippen LogP contribution in [-0.4, -0.2) is 19.9 Å². The van der Waals surface area contributed by atoms with Gasteiger partial charge in [-0.1, -0.05) is 208 Å². The van der Waals surface area contributed by atoms with E-state index in [-0.39, 0.29) is 5.41 Å². The van der Waals surface area contributed by atoms with Gasteiger partial charge in [0.1, 0.15) is 0 Å². The maximum atomic E-state index is 5.22. The van der Waals surface area contributed by atoms with Gasteiger partial charge in [-0.3, -0.25) is 0 Å². The zero-order chi connectivity index (χ0) is 41.2. The summed E-state index contributed by atoms with van der Waals surface area (Å²) in [6, 6.07) is 72.7. The van der Waals surface area contributed by atoms with E-state index >= 15 is 0 Å². The third kappa shape index (κ3) is 7.17. The molecule has 0 aliphatic carbocycles. The molecule has 4 heteroatoms. The molecule has 0 aliphatic heterocycles. The van der Waals surface area contributed by atoms with Gasteiger partial charge in [-0.15, -0.1) is 0 Å². The van der Waals surface area contributed by atoms with E-state index in [4.69, 9.17) is 19.9 Å². The molecule has 2 heterocycles. The van der Waals surface area contributed by atoms with Crippen LogP contribution in [0.5, 0.6) is 0 Å². The average molecular weight is 785 g/mol. The van der Waals surface area contributed by atoms with Crippen LogP contribution in [0.3, 0.4) is 0 Å². The monoisotopic (exact) mass is 784 g/mol. The van der Waals surface area contributed by atoms with Crippen LogP contribution in [0.15, 0.2) is 206 Å². The second kappa shape index (κ2) is 16.2. The second-order valence-corrected chi connectivity index (χ2v) is 15.7. The number of nitrogens with zero attached hydrogens (tertiary/aromatic N) is 4. The third-order valence-electron chi connectivity index (χ3n) is 12.3. The first-order valence-electron chi connectivity index (χ1n) is 21.2. The van der Waals surface area contributed by atoms with Gasteiger partial charge in [-0.25, -0.2) is 19.9 Å². The van der Waals surface area contributed by atoms with Gasteiger partial charge in [-0.05, 0) is 57.6 Å². The van der Waals surface area contributed by atoms with E-state index < -0.39 is 0 Å². The summed E-state index contributed by atoms with van der Waals surface area (Å²) < 4.78 is 0. The lowest BCUT2D eigenvalue weighted by Gasteiger charge is -2.33. The Labute approximate surface area is 357 Å². The first-order chi connectivity index (χ1) is 30.1. The average Bonchev–Trinajstić information content (AvgIpc) is 3.35. The fourth-order valence-electron chi connectivity index (χ4n) is 8.95. The van der Waals surface area contributed by atoms with Crippen LogP contribution in [0.2, 0.25) is 0 Å². The molecule has 0 saturated carbocycles. The highest BCUT2D eigenvalue weighted by Gasteiger charge is 2.31. The van der Waals surface area contributed by atoms with Crippen molar-refractivity contribution in [3.63, 3.8) is 0 Å². The van der Waals surface area contributed by atoms with E-state index in [1.54, 1.807) is 0 Å². The Morgan fingerprint density at radius 3 is 1.10 bits per heavy atom. The largest absolute Gasteiger partial charge is 0.228 e. The van der Waals surface area contributed by atoms with Gasteiger partial charge >= 0.3 is 0 Å². The Hall–Kier alpha value is -7.56. The molecule has 4 nitrogen and oxygen atoms in total. The summed E-state index contributed by atoms with van der Waals surface area (Å²) in [7, 11) is 0. The fourth-order valence-corrected chi connectivity index (χ4v) is 8.95. The quantitative estimate of drug-likeness (QED) is 0.139. The summed E-state index contributed by atoms with van der Waals surface area (Å²) in [5.41, 5.74) is 12.2. The molecule has 0 aliphatic rings. The molecule has 0 bridgehead atoms. The zero-order valence-corrected chi connectivity index (χ0v) is 34.3. The SMILES string of the molecule is CCC(CC)(c1ccc(-c2nc(-c3ccccc3)cc(-c3cccc4ccccc34)n2)cc1)c1ccc(-c2nc(-c3ccccc3)cc(-c3cccc4ccccc34)n2)cc1. The molecule has 0 N–H and O–H groups in total. The number of benzene rings is 8. The Kier molecular flexibility index (Phi) is 10.0. The first kappa shape index (κ1) is 37.7. The number of rotatable bonds is 10. The Morgan fingerprint density at radius 2 is 0.689 bits per heavy atom. The molecule has 292 valence electrons. The van der Waals surface area contributed by atoms with Crippen LogP contribution >= 0.6 is 0 Å². The topological polar surface area (TPSA) is 51.6 Å². The lowest BCUT2D eigenvalue weighted by atomic mass is 9.70. The van der Waals surface area contributed by atoms with Crippen LogP contribution in [0.1, 0.15) is 37.8 Å². The van der Waals surface area contributed by atoms with Gasteiger partial charge in [0, 0.05) is 38.8 Å². The lowest BCUT2D eigenvalue weighted by molar-refractivity contribution is 0.478. The molecule has 0 radical (unpaired) electrons. The predicted octanol–water partition coefficient (Wildman–Crippen LogP) is 14.7. The first-order valence-corrected chi connectivity index (χ1v) is 21.2. The molecule has 61 heavy (non-hydrogen) atoms. The fraction of sp³-hybridized carbons (Fsp3) is 0.0877. The van der Waals surface area contributed by atoms with Crippen LogP contribution in [0.25, 0.3) is 89.4 Å². The number of hydrogen-bond acceptors (Lipinski definition) is 4. The van der Waals surface area contributed by atoms with Crippen molar-refractivity contribution in [2.24, 2.45) is 0 Å². The van der Waals surface area contributed by atoms with E-state index in [9.17, 15) is 0 Å². The van der Waals surface area contributed by atoms with Gasteiger partial charge < -0.3 is 0 Å². The van der Waals surface area contributed by atoms with Crippen molar-refractivity contribution in [2.75, 3.05) is 0 Å². The Bertz CT molecular complexity index is 2910. The molecule has 0 unspecified atom stereocenters. The summed E-state index contributed by atoms with van der Waals surface area (Å²) in [5, 5.41) is 4.72. The van der Waals surface area contributed by atoms with E-state index in [1.807, 2.05) is 12.1 Å². The Morgan fingerprint density at radius 1 is 0.328 bits per heavy atom. The number of hydrogen-bond donors (Lipinski definition) is 0. The lowest BCUT2D eigenvalue weighted by Crippen LogP contribution is -2.26. The van der Waals surface area contributed by atoms with Gasteiger partial charge in [-0.2, -0.15) is 0 Å². The van der Waals surface area contributed by atoms with Crippen molar-refractivity contribution in [3.05, 3.63) is 217 Å². The minimum atomic E-state index is -0.196. The van der Waals surface area contributed by atoms with Gasteiger partial charge in [0.15, 0.2) is 11.6 Å². The van der Waals surface area contributed by atoms with Crippen molar-refractivity contribution in [1.29, 1.82) is 0 Å². The van der Waals surface area contributed by atoms with Gasteiger partial charge in [0.25, 0.3) is 0 Å². The molecule has 10 rings (SSSR count). The van der Waals surface area contributed by atoms with Crippen molar-refractivity contribution in [2.45, 2.75) is 32.1 Å². The molecule has 8 aromatic carbocycles.